The maximum Gasteiger partial charge on any atom is 0.143 e. The Labute approximate surface area is 375 Å². The maximum atomic E-state index is 6.51. The average Bonchev–Trinajstić information content (AvgIpc) is 3.86. The van der Waals surface area contributed by atoms with Crippen molar-refractivity contribution in [2.24, 2.45) is 0 Å². The van der Waals surface area contributed by atoms with Crippen molar-refractivity contribution in [1.82, 2.24) is 0 Å². The Morgan fingerprint density at radius 1 is 0.328 bits per heavy atom. The summed E-state index contributed by atoms with van der Waals surface area (Å²) in [6, 6.07) is 86.7. The molecule has 0 saturated carbocycles. The third kappa shape index (κ3) is 5.39. The molecule has 2 aliphatic carbocycles. The molecule has 64 heavy (non-hydrogen) atoms. The lowest BCUT2D eigenvalue weighted by atomic mass is 9.66. The van der Waals surface area contributed by atoms with Gasteiger partial charge >= 0.3 is 0 Å². The summed E-state index contributed by atoms with van der Waals surface area (Å²) >= 11 is 0. The highest BCUT2D eigenvalue weighted by Crippen LogP contribution is 2.63. The van der Waals surface area contributed by atoms with Gasteiger partial charge in [-0.05, 0) is 103 Å². The third-order valence-corrected chi connectivity index (χ3v) is 13.5. The monoisotopic (exact) mass is 819 g/mol. The molecule has 11 aromatic rings. The van der Waals surface area contributed by atoms with Gasteiger partial charge in [-0.1, -0.05) is 208 Å². The molecule has 1 aromatic heterocycles. The van der Waals surface area contributed by atoms with Crippen LogP contribution in [0.4, 0.5) is 17.1 Å². The van der Waals surface area contributed by atoms with Gasteiger partial charge in [0.15, 0.2) is 0 Å². The minimum absolute atomic E-state index is 0. The summed E-state index contributed by atoms with van der Waals surface area (Å²) in [6.07, 6.45) is 0. The van der Waals surface area contributed by atoms with Crippen molar-refractivity contribution in [3.05, 3.63) is 259 Å². The van der Waals surface area contributed by atoms with Crippen molar-refractivity contribution in [1.29, 1.82) is 0 Å². The van der Waals surface area contributed by atoms with Gasteiger partial charge in [-0.3, -0.25) is 0 Å². The first-order valence-corrected chi connectivity index (χ1v) is 21.8. The van der Waals surface area contributed by atoms with Gasteiger partial charge in [0.25, 0.3) is 0 Å². The Morgan fingerprint density at radius 2 is 0.781 bits per heavy atom. The van der Waals surface area contributed by atoms with Crippen LogP contribution in [0.15, 0.2) is 241 Å². The molecule has 1 heterocycles. The molecule has 0 saturated heterocycles. The fraction of sp³-hybridized carbons (Fsp3) is 0.0323. The number of nitrogens with zero attached hydrogens (tertiary/aromatic N) is 1. The van der Waals surface area contributed by atoms with Gasteiger partial charge in [-0.2, -0.15) is 0 Å². The highest BCUT2D eigenvalue weighted by Gasteiger charge is 2.50. The minimum atomic E-state index is -0.577. The predicted molar refractivity (Wildman–Crippen MR) is 270 cm³/mol. The summed E-state index contributed by atoms with van der Waals surface area (Å²) < 4.78 is 6.51. The molecule has 10 aromatic carbocycles. The molecule has 0 bridgehead atoms. The van der Waals surface area contributed by atoms with Crippen LogP contribution in [0.5, 0.6) is 0 Å². The van der Waals surface area contributed by atoms with Crippen LogP contribution in [0, 0.1) is 0 Å². The van der Waals surface area contributed by atoms with E-state index in [2.05, 4.69) is 235 Å². The second-order valence-electron chi connectivity index (χ2n) is 16.7. The van der Waals surface area contributed by atoms with Crippen molar-refractivity contribution >= 4 is 39.0 Å². The van der Waals surface area contributed by atoms with Crippen LogP contribution in [-0.2, 0) is 5.41 Å². The van der Waals surface area contributed by atoms with Gasteiger partial charge in [-0.15, -0.1) is 0 Å². The molecule has 0 fully saturated rings. The number of para-hydroxylation sites is 2. The zero-order chi connectivity index (χ0) is 41.5. The van der Waals surface area contributed by atoms with Crippen LogP contribution in [0.3, 0.4) is 0 Å². The molecular weight excluding hydrogens is 775 g/mol. The van der Waals surface area contributed by atoms with E-state index in [1.54, 1.807) is 0 Å². The average molecular weight is 820 g/mol. The Balaban J connectivity index is 0.00000234. The maximum absolute atomic E-state index is 6.51. The molecule has 0 N–H and O–H groups in total. The van der Waals surface area contributed by atoms with Crippen molar-refractivity contribution < 1.29 is 5.84 Å². The first-order chi connectivity index (χ1) is 31.3. The largest absolute Gasteiger partial charge is 0.455 e. The summed E-state index contributed by atoms with van der Waals surface area (Å²) in [6.45, 7) is 0. The standard InChI is InChI=1S/C61H39NO.CH4.H2/c1-2-16-40(17-3-1)41-32-36-43(37-33-41)62(44-38-34-42(35-39-44)45-24-14-25-51-50-22-9-13-31-58(50)63-60(45)51)57-30-15-29-56-59(57)52-23-8-12-28-55(52)61(56)53-26-10-6-20-48(53)46-18-4-5-19-47(46)49-21-7-11-27-54(49)61;;/h1-39H;1H4;1H. The van der Waals surface area contributed by atoms with Gasteiger partial charge in [0, 0.05) is 34.7 Å². The minimum Gasteiger partial charge on any atom is -0.455 e. The van der Waals surface area contributed by atoms with E-state index in [9.17, 15) is 0 Å². The van der Waals surface area contributed by atoms with Crippen LogP contribution >= 0.6 is 0 Å². The highest BCUT2D eigenvalue weighted by atomic mass is 16.3. The molecule has 2 nitrogen and oxygen atoms in total. The van der Waals surface area contributed by atoms with E-state index in [-0.39, 0.29) is 8.85 Å². The van der Waals surface area contributed by atoms with E-state index < -0.39 is 5.41 Å². The number of rotatable bonds is 5. The van der Waals surface area contributed by atoms with Crippen molar-refractivity contribution in [3.63, 3.8) is 0 Å². The second-order valence-corrected chi connectivity index (χ2v) is 16.7. The molecule has 0 atom stereocenters. The Hall–Kier alpha value is -8.20. The van der Waals surface area contributed by atoms with Crippen molar-refractivity contribution in [3.8, 4) is 55.6 Å². The Kier molecular flexibility index (Phi) is 8.64. The molecule has 0 unspecified atom stereocenters. The summed E-state index contributed by atoms with van der Waals surface area (Å²) in [7, 11) is 0. The molecule has 13 rings (SSSR count). The third-order valence-electron chi connectivity index (χ3n) is 13.5. The first kappa shape index (κ1) is 37.6. The topological polar surface area (TPSA) is 16.4 Å². The molecule has 0 radical (unpaired) electrons. The zero-order valence-corrected chi connectivity index (χ0v) is 34.4. The Bertz CT molecular complexity index is 3500. The van der Waals surface area contributed by atoms with E-state index >= 15 is 0 Å². The highest BCUT2D eigenvalue weighted by molar-refractivity contribution is 6.10. The number of anilines is 3. The summed E-state index contributed by atoms with van der Waals surface area (Å²) in [4.78, 5) is 2.46. The summed E-state index contributed by atoms with van der Waals surface area (Å²) in [5, 5.41) is 2.26. The molecular formula is C62H45NO. The number of benzene rings is 10. The van der Waals surface area contributed by atoms with Gasteiger partial charge in [0.2, 0.25) is 0 Å². The van der Waals surface area contributed by atoms with Crippen LogP contribution in [0.25, 0.3) is 77.6 Å². The van der Waals surface area contributed by atoms with Crippen LogP contribution in [0.2, 0.25) is 0 Å². The summed E-state index contributed by atoms with van der Waals surface area (Å²) in [5.74, 6) is 0. The summed E-state index contributed by atoms with van der Waals surface area (Å²) in [5.41, 5.74) is 21.8. The lowest BCUT2D eigenvalue weighted by Gasteiger charge is -2.35. The fourth-order valence-electron chi connectivity index (χ4n) is 10.9. The number of hydrogen-bond acceptors (Lipinski definition) is 2. The van der Waals surface area contributed by atoms with Gasteiger partial charge in [0.05, 0.1) is 11.1 Å². The van der Waals surface area contributed by atoms with Gasteiger partial charge in [0.1, 0.15) is 11.2 Å². The van der Waals surface area contributed by atoms with E-state index in [0.29, 0.717) is 0 Å². The SMILES string of the molecule is C.[HH].c1ccc(-c2ccc(N(c3ccc(-c4cccc5c4oc4ccccc45)cc3)c3cccc4c3-c3ccccc3C43c4ccccc4-c4ccccc4-c4ccccc43)cc2)cc1. The van der Waals surface area contributed by atoms with E-state index in [0.717, 1.165) is 50.1 Å². The molecule has 2 heteroatoms. The molecule has 2 aliphatic rings. The van der Waals surface area contributed by atoms with E-state index in [1.807, 2.05) is 6.07 Å². The van der Waals surface area contributed by atoms with Crippen molar-refractivity contribution in [2.45, 2.75) is 12.8 Å². The predicted octanol–water partition coefficient (Wildman–Crippen LogP) is 17.3. The van der Waals surface area contributed by atoms with Gasteiger partial charge < -0.3 is 9.32 Å². The van der Waals surface area contributed by atoms with Crippen molar-refractivity contribution in [2.75, 3.05) is 4.90 Å². The molecule has 1 spiro atoms. The first-order valence-electron chi connectivity index (χ1n) is 21.8. The molecule has 304 valence electrons. The molecule has 0 aliphatic heterocycles. The Morgan fingerprint density at radius 3 is 1.44 bits per heavy atom. The smallest absolute Gasteiger partial charge is 0.143 e. The second kappa shape index (κ2) is 14.7. The number of hydrogen-bond donors (Lipinski definition) is 0. The van der Waals surface area contributed by atoms with E-state index in [4.69, 9.17) is 4.42 Å². The number of furan rings is 1. The number of fused-ring (bicyclic) bond motifs is 15. The normalized spacial score (nSPS) is 12.7. The fourth-order valence-corrected chi connectivity index (χ4v) is 10.9. The van der Waals surface area contributed by atoms with E-state index in [1.165, 1.54) is 66.8 Å². The lowest BCUT2D eigenvalue weighted by molar-refractivity contribution is 0.670. The van der Waals surface area contributed by atoms with Crippen LogP contribution in [0.1, 0.15) is 31.1 Å². The zero-order valence-electron chi connectivity index (χ0n) is 34.4. The molecule has 0 amide bonds. The van der Waals surface area contributed by atoms with Crippen LogP contribution in [-0.4, -0.2) is 0 Å². The van der Waals surface area contributed by atoms with Gasteiger partial charge in [-0.25, -0.2) is 0 Å². The quantitative estimate of drug-likeness (QED) is 0.172. The van der Waals surface area contributed by atoms with Crippen LogP contribution < -0.4 is 4.90 Å². The lowest BCUT2D eigenvalue weighted by Crippen LogP contribution is -2.29.